The first kappa shape index (κ1) is 16.5. The molecule has 4 rings (SSSR count). The first-order chi connectivity index (χ1) is 13.2. The number of benzene rings is 1. The monoisotopic (exact) mass is 356 g/mol. The molecule has 132 valence electrons. The highest BCUT2D eigenvalue weighted by molar-refractivity contribution is 5.73. The third-order valence-corrected chi connectivity index (χ3v) is 3.80. The summed E-state index contributed by atoms with van der Waals surface area (Å²) in [4.78, 5) is 12.8. The lowest BCUT2D eigenvalue weighted by molar-refractivity contribution is 0.417. The molecule has 1 aliphatic rings. The molecule has 7 nitrogen and oxygen atoms in total. The van der Waals surface area contributed by atoms with Crippen LogP contribution in [0.2, 0.25) is 0 Å². The van der Waals surface area contributed by atoms with E-state index in [1.54, 1.807) is 23.0 Å². The van der Waals surface area contributed by atoms with E-state index in [0.717, 1.165) is 22.9 Å². The lowest BCUT2D eigenvalue weighted by atomic mass is 10.3. The van der Waals surface area contributed by atoms with Crippen molar-refractivity contribution < 1.29 is 4.74 Å². The lowest BCUT2D eigenvalue weighted by Gasteiger charge is -2.08. The Bertz CT molecular complexity index is 1120. The van der Waals surface area contributed by atoms with Crippen molar-refractivity contribution in [3.8, 4) is 18.1 Å². The van der Waals surface area contributed by atoms with Gasteiger partial charge in [0.15, 0.2) is 0 Å². The maximum Gasteiger partial charge on any atom is 0.255 e. The SMILES string of the molecule is C#Cc1cc(C)nc2nc(Nc3ccc(OC4=CC=NC=CC4)cc3)nn12. The van der Waals surface area contributed by atoms with Crippen molar-refractivity contribution in [2.45, 2.75) is 13.3 Å². The number of terminal acetylenes is 1. The molecule has 0 radical (unpaired) electrons. The summed E-state index contributed by atoms with van der Waals surface area (Å²) < 4.78 is 7.40. The molecule has 0 unspecified atom stereocenters. The summed E-state index contributed by atoms with van der Waals surface area (Å²) in [6.45, 7) is 1.87. The minimum Gasteiger partial charge on any atom is -0.461 e. The Morgan fingerprint density at radius 3 is 2.89 bits per heavy atom. The van der Waals surface area contributed by atoms with E-state index in [0.29, 0.717) is 23.8 Å². The molecule has 1 aromatic carbocycles. The smallest absolute Gasteiger partial charge is 0.255 e. The van der Waals surface area contributed by atoms with Crippen molar-refractivity contribution in [2.75, 3.05) is 5.32 Å². The Balaban J connectivity index is 1.51. The van der Waals surface area contributed by atoms with Crippen LogP contribution in [0.3, 0.4) is 0 Å². The average molecular weight is 356 g/mol. The zero-order valence-electron chi connectivity index (χ0n) is 14.6. The van der Waals surface area contributed by atoms with Crippen LogP contribution in [-0.2, 0) is 0 Å². The van der Waals surface area contributed by atoms with E-state index in [4.69, 9.17) is 11.2 Å². The highest BCUT2D eigenvalue weighted by atomic mass is 16.5. The molecule has 7 heteroatoms. The van der Waals surface area contributed by atoms with Crippen LogP contribution in [0.5, 0.6) is 5.75 Å². The Morgan fingerprint density at radius 1 is 1.22 bits per heavy atom. The average Bonchev–Trinajstić information content (AvgIpc) is 2.89. The highest BCUT2D eigenvalue weighted by Gasteiger charge is 2.09. The molecule has 0 aliphatic carbocycles. The fourth-order valence-electron chi connectivity index (χ4n) is 2.58. The molecule has 3 heterocycles. The first-order valence-corrected chi connectivity index (χ1v) is 8.34. The van der Waals surface area contributed by atoms with E-state index in [1.807, 2.05) is 43.3 Å². The number of allylic oxidation sites excluding steroid dienone is 2. The summed E-state index contributed by atoms with van der Waals surface area (Å²) in [6, 6.07) is 9.33. The van der Waals surface area contributed by atoms with E-state index in [9.17, 15) is 0 Å². The third kappa shape index (κ3) is 3.70. The summed E-state index contributed by atoms with van der Waals surface area (Å²) in [5.74, 6) is 5.05. The van der Waals surface area contributed by atoms with E-state index in [2.05, 4.69) is 31.3 Å². The van der Waals surface area contributed by atoms with Gasteiger partial charge in [-0.15, -0.1) is 11.5 Å². The standard InChI is InChI=1S/C20H16N6O/c1-3-16-13-14(2)22-20-24-19(25-26(16)20)23-15-6-8-18(9-7-15)27-17-5-4-11-21-12-10-17/h1,4,6-13H,5H2,2H3,(H,23,25). The Hall–Kier alpha value is -3.92. The van der Waals surface area contributed by atoms with Gasteiger partial charge in [0.25, 0.3) is 5.78 Å². The van der Waals surface area contributed by atoms with E-state index in [-0.39, 0.29) is 0 Å². The van der Waals surface area contributed by atoms with Crippen LogP contribution in [0.4, 0.5) is 11.6 Å². The molecule has 1 N–H and O–H groups in total. The van der Waals surface area contributed by atoms with Crippen molar-refractivity contribution in [1.82, 2.24) is 19.6 Å². The van der Waals surface area contributed by atoms with Gasteiger partial charge in [0.1, 0.15) is 17.2 Å². The number of aromatic nitrogens is 4. The topological polar surface area (TPSA) is 76.7 Å². The number of aryl methyl sites for hydroxylation is 1. The van der Waals surface area contributed by atoms with Crippen molar-refractivity contribution >= 4 is 23.6 Å². The van der Waals surface area contributed by atoms with Gasteiger partial charge in [0.2, 0.25) is 5.95 Å². The van der Waals surface area contributed by atoms with Crippen LogP contribution in [0.15, 0.2) is 59.4 Å². The molecule has 0 saturated carbocycles. The molecular weight excluding hydrogens is 340 g/mol. The van der Waals surface area contributed by atoms with Gasteiger partial charge >= 0.3 is 0 Å². The number of fused-ring (bicyclic) bond motifs is 1. The van der Waals surface area contributed by atoms with Gasteiger partial charge in [0.05, 0.1) is 0 Å². The van der Waals surface area contributed by atoms with Crippen molar-refractivity contribution in [2.24, 2.45) is 4.99 Å². The predicted molar refractivity (Wildman–Crippen MR) is 104 cm³/mol. The lowest BCUT2D eigenvalue weighted by Crippen LogP contribution is -1.99. The number of aliphatic imine (C=N–C) groups is 1. The van der Waals surface area contributed by atoms with Crippen LogP contribution in [0.25, 0.3) is 5.78 Å². The predicted octanol–water partition coefficient (Wildman–Crippen LogP) is 3.41. The van der Waals surface area contributed by atoms with Gasteiger partial charge in [-0.2, -0.15) is 9.50 Å². The molecule has 0 amide bonds. The minimum atomic E-state index is 0.422. The summed E-state index contributed by atoms with van der Waals surface area (Å²) >= 11 is 0. The van der Waals surface area contributed by atoms with Gasteiger partial charge in [0, 0.05) is 30.2 Å². The number of nitrogens with one attached hydrogen (secondary N) is 1. The molecule has 3 aromatic rings. The number of ether oxygens (including phenoxy) is 1. The summed E-state index contributed by atoms with van der Waals surface area (Å²) in [5, 5.41) is 7.52. The van der Waals surface area contributed by atoms with Crippen molar-refractivity contribution in [1.29, 1.82) is 0 Å². The quantitative estimate of drug-likeness (QED) is 0.725. The van der Waals surface area contributed by atoms with Crippen LogP contribution in [0, 0.1) is 19.3 Å². The first-order valence-electron chi connectivity index (χ1n) is 8.34. The number of rotatable bonds is 4. The summed E-state index contributed by atoms with van der Waals surface area (Å²) in [5.41, 5.74) is 2.23. The number of anilines is 2. The highest BCUT2D eigenvalue weighted by Crippen LogP contribution is 2.21. The van der Waals surface area contributed by atoms with E-state index in [1.165, 1.54) is 0 Å². The van der Waals surface area contributed by atoms with E-state index >= 15 is 0 Å². The number of nitrogens with zero attached hydrogens (tertiary/aromatic N) is 5. The van der Waals surface area contributed by atoms with Crippen LogP contribution in [0.1, 0.15) is 17.8 Å². The Morgan fingerprint density at radius 2 is 2.07 bits per heavy atom. The zero-order chi connectivity index (χ0) is 18.6. The van der Waals surface area contributed by atoms with Gasteiger partial charge in [-0.25, -0.2) is 4.98 Å². The molecule has 0 bridgehead atoms. The third-order valence-electron chi connectivity index (χ3n) is 3.80. The van der Waals surface area contributed by atoms with Crippen molar-refractivity contribution in [3.63, 3.8) is 0 Å². The maximum atomic E-state index is 5.86. The second-order valence-electron chi connectivity index (χ2n) is 5.85. The van der Waals surface area contributed by atoms with Crippen LogP contribution in [-0.4, -0.2) is 25.8 Å². The molecule has 2 aromatic heterocycles. The molecule has 27 heavy (non-hydrogen) atoms. The van der Waals surface area contributed by atoms with Gasteiger partial charge in [-0.3, -0.25) is 4.99 Å². The maximum absolute atomic E-state index is 5.86. The van der Waals surface area contributed by atoms with Crippen molar-refractivity contribution in [3.05, 3.63) is 65.8 Å². The second-order valence-corrected chi connectivity index (χ2v) is 5.85. The Kier molecular flexibility index (Phi) is 4.37. The molecule has 0 saturated heterocycles. The van der Waals surface area contributed by atoms with Crippen LogP contribution < -0.4 is 10.1 Å². The normalized spacial score (nSPS) is 13.1. The molecule has 0 spiro atoms. The van der Waals surface area contributed by atoms with Gasteiger partial charge in [-0.05, 0) is 49.3 Å². The van der Waals surface area contributed by atoms with Gasteiger partial charge < -0.3 is 10.1 Å². The Labute approximate surface area is 156 Å². The van der Waals surface area contributed by atoms with Gasteiger partial charge in [-0.1, -0.05) is 6.08 Å². The zero-order valence-corrected chi connectivity index (χ0v) is 14.6. The second kappa shape index (κ2) is 7.14. The number of hydrogen-bond acceptors (Lipinski definition) is 6. The molecule has 1 aliphatic heterocycles. The summed E-state index contributed by atoms with van der Waals surface area (Å²) in [7, 11) is 0. The summed E-state index contributed by atoms with van der Waals surface area (Å²) in [6.07, 6.45) is 13.5. The van der Waals surface area contributed by atoms with E-state index < -0.39 is 0 Å². The largest absolute Gasteiger partial charge is 0.461 e. The molecular formula is C20H16N6O. The number of hydrogen-bond donors (Lipinski definition) is 1. The van der Waals surface area contributed by atoms with Crippen LogP contribution >= 0.6 is 0 Å². The molecule has 0 fully saturated rings. The molecule has 0 atom stereocenters. The fourth-order valence-corrected chi connectivity index (χ4v) is 2.58. The minimum absolute atomic E-state index is 0.422. The fraction of sp³-hybridized carbons (Fsp3) is 0.100.